The van der Waals surface area contributed by atoms with Gasteiger partial charge in [-0.25, -0.2) is 8.78 Å². The highest BCUT2D eigenvalue weighted by atomic mass is 35.5. The number of hydrogen-bond donors (Lipinski definition) is 1. The Kier molecular flexibility index (Phi) is 6.91. The molecule has 1 heterocycles. The number of rotatable bonds is 7. The molecule has 0 atom stereocenters. The maximum atomic E-state index is 13.2. The van der Waals surface area contributed by atoms with Gasteiger partial charge in [0.05, 0.1) is 17.3 Å². The van der Waals surface area contributed by atoms with Gasteiger partial charge in [-0.15, -0.1) is 5.10 Å². The van der Waals surface area contributed by atoms with E-state index < -0.39 is 5.91 Å². The van der Waals surface area contributed by atoms with Gasteiger partial charge in [-0.1, -0.05) is 47.5 Å². The number of aromatic nitrogens is 2. The first-order valence-corrected chi connectivity index (χ1v) is 10.6. The van der Waals surface area contributed by atoms with Crippen LogP contribution in [-0.2, 0) is 13.2 Å². The molecule has 0 bridgehead atoms. The van der Waals surface area contributed by atoms with E-state index >= 15 is 0 Å². The van der Waals surface area contributed by atoms with E-state index in [0.29, 0.717) is 22.8 Å². The van der Waals surface area contributed by atoms with Gasteiger partial charge >= 0.3 is 0 Å². The second-order valence-corrected chi connectivity index (χ2v) is 8.01. The smallest absolute Gasteiger partial charge is 0.262 e. The fourth-order valence-corrected chi connectivity index (χ4v) is 3.49. The molecule has 5 nitrogen and oxygen atoms in total. The van der Waals surface area contributed by atoms with Gasteiger partial charge in [0.15, 0.2) is 0 Å². The van der Waals surface area contributed by atoms with Gasteiger partial charge < -0.3 is 10.1 Å². The lowest BCUT2D eigenvalue weighted by molar-refractivity contribution is 0.102. The van der Waals surface area contributed by atoms with E-state index in [1.54, 1.807) is 36.4 Å². The number of nitrogens with one attached hydrogen (secondary N) is 1. The molecule has 3 aromatic carbocycles. The molecule has 0 aliphatic heterocycles. The Balaban J connectivity index is 1.58. The van der Waals surface area contributed by atoms with E-state index in [4.69, 9.17) is 27.9 Å². The molecule has 4 rings (SSSR count). The quantitative estimate of drug-likeness (QED) is 0.330. The summed E-state index contributed by atoms with van der Waals surface area (Å²) in [5.74, 6) is -1.10. The molecule has 0 aliphatic carbocycles. The van der Waals surface area contributed by atoms with Crippen LogP contribution in [-0.4, -0.2) is 15.7 Å². The summed E-state index contributed by atoms with van der Waals surface area (Å²) in [6, 6.07) is 16.5. The van der Waals surface area contributed by atoms with Crippen LogP contribution in [0.25, 0.3) is 0 Å². The molecule has 4 aromatic rings. The molecule has 1 aromatic heterocycles. The van der Waals surface area contributed by atoms with Gasteiger partial charge in [0.1, 0.15) is 23.8 Å². The predicted molar refractivity (Wildman–Crippen MR) is 123 cm³/mol. The van der Waals surface area contributed by atoms with Crippen LogP contribution in [0.4, 0.5) is 14.5 Å². The standard InChI is InChI=1S/C24H17Cl2F2N3O2/c25-17-5-10-22(21(26)11-17)29-23(32)20-13-31(12-15-1-6-18(27)7-2-15)30-24(20)33-14-16-3-8-19(28)9-4-16/h1-11,13H,12,14H2,(H,29,32). The molecule has 0 fully saturated rings. The van der Waals surface area contributed by atoms with E-state index in [1.165, 1.54) is 41.2 Å². The van der Waals surface area contributed by atoms with Crippen molar-refractivity contribution >= 4 is 34.8 Å². The first-order valence-electron chi connectivity index (χ1n) is 9.83. The molecule has 0 unspecified atom stereocenters. The molecule has 1 N–H and O–H groups in total. The topological polar surface area (TPSA) is 56.2 Å². The normalized spacial score (nSPS) is 10.8. The largest absolute Gasteiger partial charge is 0.471 e. The van der Waals surface area contributed by atoms with Crippen molar-refractivity contribution in [2.75, 3.05) is 5.32 Å². The number of hydrogen-bond acceptors (Lipinski definition) is 3. The third kappa shape index (κ3) is 5.88. The number of nitrogens with zero attached hydrogens (tertiary/aromatic N) is 2. The lowest BCUT2D eigenvalue weighted by Crippen LogP contribution is -2.13. The maximum absolute atomic E-state index is 13.2. The summed E-state index contributed by atoms with van der Waals surface area (Å²) in [5, 5.41) is 7.81. The predicted octanol–water partition coefficient (Wildman–Crippen LogP) is 6.35. The SMILES string of the molecule is O=C(Nc1ccc(Cl)cc1Cl)c1cn(Cc2ccc(F)cc2)nc1OCc1ccc(F)cc1. The van der Waals surface area contributed by atoms with Crippen LogP contribution >= 0.6 is 23.2 Å². The van der Waals surface area contributed by atoms with Crippen LogP contribution in [0.15, 0.2) is 72.9 Å². The van der Waals surface area contributed by atoms with Crippen molar-refractivity contribution in [2.24, 2.45) is 0 Å². The van der Waals surface area contributed by atoms with E-state index in [0.717, 1.165) is 5.56 Å². The van der Waals surface area contributed by atoms with Gasteiger partial charge in [0.2, 0.25) is 5.88 Å². The minimum absolute atomic E-state index is 0.0792. The Morgan fingerprint density at radius 3 is 2.21 bits per heavy atom. The molecule has 9 heteroatoms. The van der Waals surface area contributed by atoms with Crippen LogP contribution in [0, 0.1) is 11.6 Å². The van der Waals surface area contributed by atoms with Gasteiger partial charge in [-0.3, -0.25) is 9.48 Å². The van der Waals surface area contributed by atoms with Gasteiger partial charge in [0, 0.05) is 11.2 Å². The van der Waals surface area contributed by atoms with Crippen LogP contribution in [0.2, 0.25) is 10.0 Å². The average Bonchev–Trinajstić information content (AvgIpc) is 3.19. The van der Waals surface area contributed by atoms with Crippen molar-refractivity contribution in [3.05, 3.63) is 111 Å². The van der Waals surface area contributed by atoms with Crippen LogP contribution in [0.3, 0.4) is 0 Å². The zero-order valence-corrected chi connectivity index (χ0v) is 18.6. The van der Waals surface area contributed by atoms with Gasteiger partial charge in [-0.05, 0) is 53.6 Å². The van der Waals surface area contributed by atoms with E-state index in [2.05, 4.69) is 10.4 Å². The van der Waals surface area contributed by atoms with Crippen molar-refractivity contribution < 1.29 is 18.3 Å². The monoisotopic (exact) mass is 487 g/mol. The lowest BCUT2D eigenvalue weighted by Gasteiger charge is -2.08. The van der Waals surface area contributed by atoms with E-state index in [-0.39, 0.29) is 34.7 Å². The zero-order chi connectivity index (χ0) is 23.4. The molecular weight excluding hydrogens is 471 g/mol. The van der Waals surface area contributed by atoms with Crippen molar-refractivity contribution in [3.8, 4) is 5.88 Å². The minimum Gasteiger partial charge on any atom is -0.471 e. The Bertz CT molecular complexity index is 1280. The van der Waals surface area contributed by atoms with Crippen molar-refractivity contribution in [1.29, 1.82) is 0 Å². The third-order valence-electron chi connectivity index (χ3n) is 4.70. The van der Waals surface area contributed by atoms with Gasteiger partial charge in [-0.2, -0.15) is 0 Å². The Labute approximate surface area is 198 Å². The Morgan fingerprint density at radius 1 is 0.939 bits per heavy atom. The lowest BCUT2D eigenvalue weighted by atomic mass is 10.2. The first kappa shape index (κ1) is 22.8. The summed E-state index contributed by atoms with van der Waals surface area (Å²) in [4.78, 5) is 13.0. The molecule has 33 heavy (non-hydrogen) atoms. The summed E-state index contributed by atoms with van der Waals surface area (Å²) in [7, 11) is 0. The molecule has 0 saturated heterocycles. The number of benzene rings is 3. The second kappa shape index (κ2) is 10.0. The Morgan fingerprint density at radius 2 is 1.58 bits per heavy atom. The minimum atomic E-state index is -0.487. The Hall–Kier alpha value is -3.42. The van der Waals surface area contributed by atoms with Crippen molar-refractivity contribution in [3.63, 3.8) is 0 Å². The first-order chi connectivity index (χ1) is 15.9. The fraction of sp³-hybridized carbons (Fsp3) is 0.0833. The number of ether oxygens (including phenoxy) is 1. The third-order valence-corrected chi connectivity index (χ3v) is 5.25. The molecule has 0 spiro atoms. The molecule has 1 amide bonds. The molecular formula is C24H17Cl2F2N3O2. The molecule has 168 valence electrons. The highest BCUT2D eigenvalue weighted by Gasteiger charge is 2.20. The number of halogens is 4. The van der Waals surface area contributed by atoms with Crippen molar-refractivity contribution in [1.82, 2.24) is 9.78 Å². The summed E-state index contributed by atoms with van der Waals surface area (Å²) in [6.07, 6.45) is 1.53. The highest BCUT2D eigenvalue weighted by molar-refractivity contribution is 6.36. The van der Waals surface area contributed by atoms with E-state index in [1.807, 2.05) is 0 Å². The summed E-state index contributed by atoms with van der Waals surface area (Å²) in [6.45, 7) is 0.373. The molecule has 0 saturated carbocycles. The highest BCUT2D eigenvalue weighted by Crippen LogP contribution is 2.27. The fourth-order valence-electron chi connectivity index (χ4n) is 3.04. The van der Waals surface area contributed by atoms with Crippen molar-refractivity contribution in [2.45, 2.75) is 13.2 Å². The van der Waals surface area contributed by atoms with E-state index in [9.17, 15) is 13.6 Å². The zero-order valence-electron chi connectivity index (χ0n) is 17.1. The van der Waals surface area contributed by atoms with Crippen LogP contribution in [0.5, 0.6) is 5.88 Å². The number of carbonyl (C=O) groups excluding carboxylic acids is 1. The summed E-state index contributed by atoms with van der Waals surface area (Å²) >= 11 is 12.1. The second-order valence-electron chi connectivity index (χ2n) is 7.17. The van der Waals surface area contributed by atoms with Crippen LogP contribution < -0.4 is 10.1 Å². The maximum Gasteiger partial charge on any atom is 0.262 e. The number of carbonyl (C=O) groups is 1. The van der Waals surface area contributed by atoms with Gasteiger partial charge in [0.25, 0.3) is 5.91 Å². The molecule has 0 radical (unpaired) electrons. The average molecular weight is 488 g/mol. The van der Waals surface area contributed by atoms with Crippen LogP contribution in [0.1, 0.15) is 21.5 Å². The summed E-state index contributed by atoms with van der Waals surface area (Å²) in [5.41, 5.74) is 2.04. The summed E-state index contributed by atoms with van der Waals surface area (Å²) < 4.78 is 33.7. The number of anilines is 1. The molecule has 0 aliphatic rings. The number of amides is 1.